The Labute approximate surface area is 119 Å². The van der Waals surface area contributed by atoms with Crippen LogP contribution in [0.15, 0.2) is 20.0 Å². The molecule has 8 heteroatoms. The van der Waals surface area contributed by atoms with Crippen LogP contribution in [-0.4, -0.2) is 27.3 Å². The number of thiazole rings is 1. The summed E-state index contributed by atoms with van der Waals surface area (Å²) >= 11 is 1.44. The minimum atomic E-state index is -0.477. The van der Waals surface area contributed by atoms with Crippen molar-refractivity contribution in [1.82, 2.24) is 14.5 Å². The molecule has 0 bridgehead atoms. The Hall–Kier alpha value is -2.22. The van der Waals surface area contributed by atoms with Crippen LogP contribution in [0.1, 0.15) is 17.6 Å². The van der Waals surface area contributed by atoms with Gasteiger partial charge in [-0.15, -0.1) is 11.3 Å². The second-order valence-corrected chi connectivity index (χ2v) is 5.02. The number of hydrogen-bond donors (Lipinski definition) is 2. The molecule has 0 aliphatic rings. The Balaban J connectivity index is 2.49. The SMILES string of the molecule is CCNc1[nH]c(=O)n(C)c(=O)c1N=Cc1nc(C)cs1. The second-order valence-electron chi connectivity index (χ2n) is 4.13. The summed E-state index contributed by atoms with van der Waals surface area (Å²) in [4.78, 5) is 34.7. The molecule has 2 aromatic heterocycles. The summed E-state index contributed by atoms with van der Waals surface area (Å²) < 4.78 is 0.987. The average molecular weight is 293 g/mol. The highest BCUT2D eigenvalue weighted by molar-refractivity contribution is 7.11. The Bertz CT molecular complexity index is 756. The highest BCUT2D eigenvalue weighted by atomic mass is 32.1. The van der Waals surface area contributed by atoms with Crippen LogP contribution < -0.4 is 16.6 Å². The fraction of sp³-hybridized carbons (Fsp3) is 0.333. The second kappa shape index (κ2) is 5.83. The molecule has 0 saturated carbocycles. The van der Waals surface area contributed by atoms with E-state index in [9.17, 15) is 9.59 Å². The summed E-state index contributed by atoms with van der Waals surface area (Å²) in [5, 5.41) is 5.53. The number of aryl methyl sites for hydroxylation is 1. The maximum Gasteiger partial charge on any atom is 0.329 e. The lowest BCUT2D eigenvalue weighted by molar-refractivity contribution is 0.777. The van der Waals surface area contributed by atoms with E-state index in [2.05, 4.69) is 20.3 Å². The van der Waals surface area contributed by atoms with E-state index in [4.69, 9.17) is 0 Å². The first-order chi connectivity index (χ1) is 9.52. The normalized spacial score (nSPS) is 11.2. The smallest absolute Gasteiger partial charge is 0.329 e. The highest BCUT2D eigenvalue weighted by Gasteiger charge is 2.10. The van der Waals surface area contributed by atoms with E-state index in [1.54, 1.807) is 0 Å². The Morgan fingerprint density at radius 3 is 2.90 bits per heavy atom. The van der Waals surface area contributed by atoms with Gasteiger partial charge in [-0.1, -0.05) is 0 Å². The standard InChI is InChI=1S/C12H15N5O2S/c1-4-13-10-9(11(18)17(3)12(19)16-10)14-5-8-15-7(2)6-20-8/h5-6,13H,4H2,1-3H3,(H,16,19). The van der Waals surface area contributed by atoms with Crippen molar-refractivity contribution >= 4 is 29.1 Å². The molecular weight excluding hydrogens is 278 g/mol. The van der Waals surface area contributed by atoms with E-state index in [1.807, 2.05) is 19.2 Å². The van der Waals surface area contributed by atoms with Crippen molar-refractivity contribution in [3.05, 3.63) is 36.9 Å². The zero-order valence-corrected chi connectivity index (χ0v) is 12.2. The van der Waals surface area contributed by atoms with Gasteiger partial charge in [-0.25, -0.2) is 14.8 Å². The van der Waals surface area contributed by atoms with Gasteiger partial charge in [-0.2, -0.15) is 0 Å². The number of nitrogens with zero attached hydrogens (tertiary/aromatic N) is 3. The molecular formula is C12H15N5O2S. The van der Waals surface area contributed by atoms with E-state index in [0.29, 0.717) is 17.4 Å². The molecule has 0 unspecified atom stereocenters. The van der Waals surface area contributed by atoms with Crippen LogP contribution in [0.4, 0.5) is 11.5 Å². The van der Waals surface area contributed by atoms with Crippen LogP contribution in [0.2, 0.25) is 0 Å². The largest absolute Gasteiger partial charge is 0.370 e. The molecule has 2 heterocycles. The van der Waals surface area contributed by atoms with Gasteiger partial charge in [0.1, 0.15) is 10.8 Å². The first-order valence-electron chi connectivity index (χ1n) is 6.06. The average Bonchev–Trinajstić information content (AvgIpc) is 2.82. The fourth-order valence-electron chi connectivity index (χ4n) is 1.58. The Morgan fingerprint density at radius 2 is 2.30 bits per heavy atom. The molecule has 0 radical (unpaired) electrons. The fourth-order valence-corrected chi connectivity index (χ4v) is 2.24. The van der Waals surface area contributed by atoms with Crippen molar-refractivity contribution in [2.24, 2.45) is 12.0 Å². The van der Waals surface area contributed by atoms with Crippen molar-refractivity contribution < 1.29 is 0 Å². The first-order valence-corrected chi connectivity index (χ1v) is 6.94. The van der Waals surface area contributed by atoms with Crippen LogP contribution in [-0.2, 0) is 7.05 Å². The summed E-state index contributed by atoms with van der Waals surface area (Å²) in [6.45, 7) is 4.33. The quantitative estimate of drug-likeness (QED) is 0.823. The third-order valence-electron chi connectivity index (χ3n) is 2.57. The zero-order chi connectivity index (χ0) is 14.7. The van der Waals surface area contributed by atoms with Gasteiger partial charge in [0.05, 0.1) is 6.21 Å². The number of nitrogens with one attached hydrogen (secondary N) is 2. The molecule has 0 spiro atoms. The van der Waals surface area contributed by atoms with Gasteiger partial charge in [-0.3, -0.25) is 14.3 Å². The molecule has 0 amide bonds. The molecule has 20 heavy (non-hydrogen) atoms. The van der Waals surface area contributed by atoms with E-state index < -0.39 is 11.2 Å². The molecule has 2 rings (SSSR count). The monoisotopic (exact) mass is 293 g/mol. The predicted octanol–water partition coefficient (Wildman–Crippen LogP) is 1.02. The predicted molar refractivity (Wildman–Crippen MR) is 80.6 cm³/mol. The number of anilines is 1. The summed E-state index contributed by atoms with van der Waals surface area (Å²) in [6, 6.07) is 0. The van der Waals surface area contributed by atoms with Crippen molar-refractivity contribution in [2.75, 3.05) is 11.9 Å². The molecule has 0 atom stereocenters. The molecule has 0 aliphatic heterocycles. The van der Waals surface area contributed by atoms with Crippen LogP contribution >= 0.6 is 11.3 Å². The van der Waals surface area contributed by atoms with E-state index >= 15 is 0 Å². The van der Waals surface area contributed by atoms with E-state index in [-0.39, 0.29) is 5.69 Å². The molecule has 0 aliphatic carbocycles. The number of rotatable bonds is 4. The topological polar surface area (TPSA) is 92.1 Å². The van der Waals surface area contributed by atoms with Crippen molar-refractivity contribution in [2.45, 2.75) is 13.8 Å². The van der Waals surface area contributed by atoms with Crippen molar-refractivity contribution in [3.63, 3.8) is 0 Å². The molecule has 0 fully saturated rings. The van der Waals surface area contributed by atoms with Gasteiger partial charge in [0.15, 0.2) is 5.69 Å². The minimum absolute atomic E-state index is 0.168. The highest BCUT2D eigenvalue weighted by Crippen LogP contribution is 2.16. The van der Waals surface area contributed by atoms with Gasteiger partial charge in [0, 0.05) is 24.7 Å². The van der Waals surface area contributed by atoms with E-state index in [0.717, 1.165) is 10.3 Å². The molecule has 2 N–H and O–H groups in total. The maximum atomic E-state index is 12.1. The van der Waals surface area contributed by atoms with Crippen molar-refractivity contribution in [1.29, 1.82) is 0 Å². The molecule has 2 aromatic rings. The number of aliphatic imine (C=N–C) groups is 1. The lowest BCUT2D eigenvalue weighted by atomic mass is 10.4. The van der Waals surface area contributed by atoms with Crippen molar-refractivity contribution in [3.8, 4) is 0 Å². The van der Waals surface area contributed by atoms with Gasteiger partial charge >= 0.3 is 5.69 Å². The lowest BCUT2D eigenvalue weighted by Gasteiger charge is -2.07. The molecule has 7 nitrogen and oxygen atoms in total. The van der Waals surface area contributed by atoms with Gasteiger partial charge in [0.2, 0.25) is 0 Å². The number of hydrogen-bond acceptors (Lipinski definition) is 6. The minimum Gasteiger partial charge on any atom is -0.370 e. The van der Waals surface area contributed by atoms with Crippen LogP contribution in [0.25, 0.3) is 0 Å². The number of aromatic nitrogens is 3. The Kier molecular flexibility index (Phi) is 4.14. The van der Waals surface area contributed by atoms with Crippen LogP contribution in [0.3, 0.4) is 0 Å². The molecule has 106 valence electrons. The summed E-state index contributed by atoms with van der Waals surface area (Å²) in [5.41, 5.74) is 0.142. The maximum absolute atomic E-state index is 12.1. The van der Waals surface area contributed by atoms with Crippen LogP contribution in [0.5, 0.6) is 0 Å². The third kappa shape index (κ3) is 2.85. The first kappa shape index (κ1) is 14.2. The Morgan fingerprint density at radius 1 is 1.55 bits per heavy atom. The van der Waals surface area contributed by atoms with Gasteiger partial charge in [-0.05, 0) is 13.8 Å². The molecule has 0 saturated heterocycles. The third-order valence-corrected chi connectivity index (χ3v) is 3.47. The van der Waals surface area contributed by atoms with Gasteiger partial charge in [0.25, 0.3) is 5.56 Å². The molecule has 0 aromatic carbocycles. The van der Waals surface area contributed by atoms with Gasteiger partial charge < -0.3 is 5.32 Å². The van der Waals surface area contributed by atoms with Crippen LogP contribution in [0, 0.1) is 6.92 Å². The van der Waals surface area contributed by atoms with E-state index in [1.165, 1.54) is 24.6 Å². The summed E-state index contributed by atoms with van der Waals surface area (Å²) in [7, 11) is 1.41. The number of aromatic amines is 1. The zero-order valence-electron chi connectivity index (χ0n) is 11.4. The lowest BCUT2D eigenvalue weighted by Crippen LogP contribution is -2.33. The summed E-state index contributed by atoms with van der Waals surface area (Å²) in [5.74, 6) is 0.324. The number of H-pyrrole nitrogens is 1. The summed E-state index contributed by atoms with van der Waals surface area (Å²) in [6.07, 6.45) is 1.52.